The molecule has 0 radical (unpaired) electrons. The maximum atomic E-state index is 13.2. The number of nitrogens with one attached hydrogen (secondary N) is 1. The average Bonchev–Trinajstić information content (AvgIpc) is 2.93. The second-order valence-corrected chi connectivity index (χ2v) is 11.7. The second-order valence-electron chi connectivity index (χ2n) is 8.57. The lowest BCUT2D eigenvalue weighted by molar-refractivity contribution is 0.505. The molecule has 0 atom stereocenters. The molecule has 11 heteroatoms. The van der Waals surface area contributed by atoms with Crippen LogP contribution in [0.1, 0.15) is 5.56 Å². The van der Waals surface area contributed by atoms with Crippen LogP contribution in [0.4, 0.5) is 5.69 Å². The van der Waals surface area contributed by atoms with Crippen molar-refractivity contribution in [1.29, 1.82) is 0 Å². The molecule has 3 heterocycles. The van der Waals surface area contributed by atoms with Gasteiger partial charge < -0.3 is 4.42 Å². The third-order valence-electron chi connectivity index (χ3n) is 5.90. The van der Waals surface area contributed by atoms with Crippen LogP contribution in [-0.4, -0.2) is 30.1 Å². The molecule has 8 nitrogen and oxygen atoms in total. The number of para-hydroxylation sites is 2. The molecule has 1 aliphatic rings. The van der Waals surface area contributed by atoms with Gasteiger partial charge in [-0.2, -0.15) is 0 Å². The monoisotopic (exact) mass is 573 g/mol. The molecule has 6 rings (SSSR count). The van der Waals surface area contributed by atoms with Crippen molar-refractivity contribution in [3.63, 3.8) is 0 Å². The van der Waals surface area contributed by atoms with Gasteiger partial charge >= 0.3 is 0 Å². The van der Waals surface area contributed by atoms with E-state index in [4.69, 9.17) is 16.0 Å². The SMILES string of the molecule is O=S1(=O)NC(=NCCc2cccnc2)Sc2cc(Cl)c(-c3nc4ccccc4c(=Nc4ccccc4)o3)cc21. The average molecular weight is 574 g/mol. The predicted molar refractivity (Wildman–Crippen MR) is 153 cm³/mol. The highest BCUT2D eigenvalue weighted by Gasteiger charge is 2.30. The maximum absolute atomic E-state index is 13.2. The summed E-state index contributed by atoms with van der Waals surface area (Å²) >= 11 is 7.89. The van der Waals surface area contributed by atoms with E-state index in [-0.39, 0.29) is 16.0 Å². The van der Waals surface area contributed by atoms with Gasteiger partial charge in [-0.15, -0.1) is 0 Å². The zero-order chi connectivity index (χ0) is 26.8. The van der Waals surface area contributed by atoms with E-state index >= 15 is 0 Å². The summed E-state index contributed by atoms with van der Waals surface area (Å²) < 4.78 is 35.1. The van der Waals surface area contributed by atoms with Gasteiger partial charge in [0.1, 0.15) is 4.90 Å². The molecular weight excluding hydrogens is 554 g/mol. The van der Waals surface area contributed by atoms with Gasteiger partial charge in [0, 0.05) is 23.8 Å². The Balaban J connectivity index is 1.39. The number of nitrogens with zero attached hydrogens (tertiary/aromatic N) is 4. The van der Waals surface area contributed by atoms with Gasteiger partial charge in [-0.1, -0.05) is 59.8 Å². The fourth-order valence-corrected chi connectivity index (χ4v) is 6.99. The number of rotatable bonds is 5. The molecule has 0 saturated carbocycles. The first-order valence-corrected chi connectivity index (χ1v) is 14.6. The lowest BCUT2D eigenvalue weighted by Gasteiger charge is -2.20. The molecule has 0 aliphatic carbocycles. The lowest BCUT2D eigenvalue weighted by Crippen LogP contribution is -2.32. The Morgan fingerprint density at radius 3 is 2.64 bits per heavy atom. The van der Waals surface area contributed by atoms with Crippen LogP contribution >= 0.6 is 23.4 Å². The largest absolute Gasteiger partial charge is 0.419 e. The van der Waals surface area contributed by atoms with E-state index in [0.717, 1.165) is 10.9 Å². The quantitative estimate of drug-likeness (QED) is 0.286. The minimum absolute atomic E-state index is 0.0739. The molecule has 39 heavy (non-hydrogen) atoms. The van der Waals surface area contributed by atoms with Gasteiger partial charge in [0.15, 0.2) is 5.17 Å². The van der Waals surface area contributed by atoms with Crippen LogP contribution in [0.3, 0.4) is 0 Å². The Morgan fingerprint density at radius 2 is 1.82 bits per heavy atom. The summed E-state index contributed by atoms with van der Waals surface area (Å²) in [6, 6.07) is 23.7. The van der Waals surface area contributed by atoms with E-state index in [1.54, 1.807) is 18.5 Å². The summed E-state index contributed by atoms with van der Waals surface area (Å²) in [7, 11) is -3.90. The van der Waals surface area contributed by atoms with Crippen LogP contribution in [-0.2, 0) is 16.4 Å². The minimum Gasteiger partial charge on any atom is -0.419 e. The van der Waals surface area contributed by atoms with Gasteiger partial charge in [-0.05, 0) is 54.4 Å². The molecule has 0 bridgehead atoms. The van der Waals surface area contributed by atoms with Crippen molar-refractivity contribution >= 4 is 55.1 Å². The fourth-order valence-electron chi connectivity index (χ4n) is 4.03. The topological polar surface area (TPSA) is 110 Å². The predicted octanol–water partition coefficient (Wildman–Crippen LogP) is 5.76. The van der Waals surface area contributed by atoms with E-state index in [1.165, 1.54) is 17.8 Å². The van der Waals surface area contributed by atoms with E-state index in [9.17, 15) is 8.42 Å². The van der Waals surface area contributed by atoms with Crippen LogP contribution in [0.15, 0.2) is 115 Å². The highest BCUT2D eigenvalue weighted by molar-refractivity contribution is 8.16. The molecule has 0 amide bonds. The van der Waals surface area contributed by atoms with E-state index in [2.05, 4.69) is 24.7 Å². The number of aromatic nitrogens is 2. The van der Waals surface area contributed by atoms with Gasteiger partial charge in [-0.3, -0.25) is 14.7 Å². The number of fused-ring (bicyclic) bond motifs is 2. The number of amidine groups is 1. The zero-order valence-corrected chi connectivity index (χ0v) is 22.7. The first kappa shape index (κ1) is 25.3. The highest BCUT2D eigenvalue weighted by atomic mass is 35.5. The molecule has 0 fully saturated rings. The van der Waals surface area contributed by atoms with Gasteiger partial charge in [0.25, 0.3) is 10.0 Å². The molecular formula is C28H20ClN5O3S2. The minimum atomic E-state index is -3.90. The normalized spacial score (nSPS) is 15.7. The smallest absolute Gasteiger partial charge is 0.264 e. The lowest BCUT2D eigenvalue weighted by atomic mass is 10.2. The number of benzene rings is 3. The van der Waals surface area contributed by atoms with Crippen LogP contribution < -0.4 is 10.3 Å². The Morgan fingerprint density at radius 1 is 1.00 bits per heavy atom. The first-order valence-electron chi connectivity index (χ1n) is 11.9. The first-order chi connectivity index (χ1) is 19.0. The Bertz CT molecular complexity index is 1890. The van der Waals surface area contributed by atoms with Crippen molar-refractivity contribution in [2.75, 3.05) is 6.54 Å². The molecule has 0 spiro atoms. The van der Waals surface area contributed by atoms with Gasteiger partial charge in [0.2, 0.25) is 11.4 Å². The van der Waals surface area contributed by atoms with Crippen molar-refractivity contribution in [3.8, 4) is 11.5 Å². The number of hydrogen-bond acceptors (Lipinski definition) is 8. The molecule has 0 saturated heterocycles. The van der Waals surface area contributed by atoms with E-state index in [0.29, 0.717) is 45.2 Å². The molecule has 0 unspecified atom stereocenters. The summed E-state index contributed by atoms with van der Waals surface area (Å²) in [5.41, 5.74) is 3.05. The zero-order valence-electron chi connectivity index (χ0n) is 20.3. The Kier molecular flexibility index (Phi) is 6.90. The van der Waals surface area contributed by atoms with Crippen molar-refractivity contribution < 1.29 is 12.8 Å². The number of sulfonamides is 1. The highest BCUT2D eigenvalue weighted by Crippen LogP contribution is 2.39. The summed E-state index contributed by atoms with van der Waals surface area (Å²) in [5, 5.41) is 1.30. The summed E-state index contributed by atoms with van der Waals surface area (Å²) in [5.74, 6) is 0.160. The van der Waals surface area contributed by atoms with E-state index < -0.39 is 10.0 Å². The molecule has 1 N–H and O–H groups in total. The Hall–Kier alpha value is -3.99. The third kappa shape index (κ3) is 5.44. The van der Waals surface area contributed by atoms with Crippen molar-refractivity contribution in [2.45, 2.75) is 16.2 Å². The third-order valence-corrected chi connectivity index (χ3v) is 8.83. The fraction of sp³-hybridized carbons (Fsp3) is 0.0714. The van der Waals surface area contributed by atoms with Crippen molar-refractivity contribution in [1.82, 2.24) is 14.7 Å². The summed E-state index contributed by atoms with van der Waals surface area (Å²) in [6.07, 6.45) is 4.10. The van der Waals surface area contributed by atoms with Crippen LogP contribution in [0.2, 0.25) is 5.02 Å². The molecule has 3 aromatic carbocycles. The molecule has 1 aliphatic heterocycles. The number of aliphatic imine (C=N–C) groups is 1. The van der Waals surface area contributed by atoms with Crippen LogP contribution in [0, 0.1) is 0 Å². The van der Waals surface area contributed by atoms with Crippen LogP contribution in [0.5, 0.6) is 0 Å². The summed E-state index contributed by atoms with van der Waals surface area (Å²) in [6.45, 7) is 0.408. The Labute approximate surface area is 233 Å². The van der Waals surface area contributed by atoms with Crippen molar-refractivity contribution in [3.05, 3.63) is 107 Å². The van der Waals surface area contributed by atoms with E-state index in [1.807, 2.05) is 66.7 Å². The number of thioether (sulfide) groups is 1. The van der Waals surface area contributed by atoms with Crippen LogP contribution in [0.25, 0.3) is 22.4 Å². The molecule has 2 aromatic heterocycles. The summed E-state index contributed by atoms with van der Waals surface area (Å²) in [4.78, 5) is 18.4. The molecule has 194 valence electrons. The van der Waals surface area contributed by atoms with Gasteiger partial charge in [-0.25, -0.2) is 18.4 Å². The number of hydrogen-bond donors (Lipinski definition) is 1. The number of halogens is 1. The molecule has 5 aromatic rings. The van der Waals surface area contributed by atoms with Crippen molar-refractivity contribution in [2.24, 2.45) is 9.98 Å². The second kappa shape index (κ2) is 10.6. The van der Waals surface area contributed by atoms with Gasteiger partial charge in [0.05, 0.1) is 27.2 Å². The standard InChI is InChI=1S/C28H20ClN5O3S2/c29-22-16-24-25(39(35,36)34-28(38-24)31-14-12-18-7-6-13-30-17-18)15-21(22)27-33-23-11-5-4-10-20(23)26(37-27)32-19-8-2-1-3-9-19/h1-11,13,15-17H,12,14H2,(H,31,34). The maximum Gasteiger partial charge on any atom is 0.264 e. The number of pyridine rings is 1.